The van der Waals surface area contributed by atoms with E-state index in [2.05, 4.69) is 34.9 Å². The summed E-state index contributed by atoms with van der Waals surface area (Å²) in [5.41, 5.74) is 0. The predicted molar refractivity (Wildman–Crippen MR) is 61.0 cm³/mol. The van der Waals surface area contributed by atoms with Gasteiger partial charge in [-0.05, 0) is 16.8 Å². The number of rotatable bonds is 5. The second kappa shape index (κ2) is 5.25. The van der Waals surface area contributed by atoms with Gasteiger partial charge in [-0.2, -0.15) is 4.68 Å². The van der Waals surface area contributed by atoms with Gasteiger partial charge in [-0.15, -0.1) is 0 Å². The first-order valence-electron chi connectivity index (χ1n) is 4.78. The molecule has 0 aromatic carbocycles. The van der Waals surface area contributed by atoms with Crippen LogP contribution in [0.15, 0.2) is 12.3 Å². The molecule has 0 aliphatic heterocycles. The van der Waals surface area contributed by atoms with Crippen LogP contribution in [0, 0.1) is 22.0 Å². The summed E-state index contributed by atoms with van der Waals surface area (Å²) in [6, 6.07) is 1.42. The van der Waals surface area contributed by atoms with Crippen molar-refractivity contribution in [2.45, 2.75) is 20.4 Å². The van der Waals surface area contributed by atoms with Crippen molar-refractivity contribution >= 4 is 21.7 Å². The van der Waals surface area contributed by atoms with Crippen LogP contribution >= 0.6 is 15.9 Å². The summed E-state index contributed by atoms with van der Waals surface area (Å²) in [6.07, 6.45) is 1.65. The number of nitrogens with zero attached hydrogens (tertiary/aromatic N) is 3. The minimum atomic E-state index is -0.477. The first-order chi connectivity index (χ1) is 7.04. The van der Waals surface area contributed by atoms with Gasteiger partial charge in [-0.25, -0.2) is 0 Å². The standard InChI is InChI=1S/C9H14BrN3O2/c1-7(2)8(5-10)6-12-4-3-9(11-12)13(14)15/h3-4,7-8H,5-6H2,1-2H3. The average Bonchev–Trinajstić information content (AvgIpc) is 2.61. The van der Waals surface area contributed by atoms with Crippen LogP contribution in [0.5, 0.6) is 0 Å². The SMILES string of the molecule is CC(C)C(CBr)Cn1ccc([N+](=O)[O-])n1. The smallest absolute Gasteiger partial charge is 0.358 e. The van der Waals surface area contributed by atoms with Crippen LogP contribution in [0.1, 0.15) is 13.8 Å². The zero-order valence-corrected chi connectivity index (χ0v) is 10.3. The summed E-state index contributed by atoms with van der Waals surface area (Å²) in [7, 11) is 0. The lowest BCUT2D eigenvalue weighted by Gasteiger charge is -2.15. The van der Waals surface area contributed by atoms with Crippen LogP contribution in [0.2, 0.25) is 0 Å². The third-order valence-corrected chi connectivity index (χ3v) is 3.21. The summed E-state index contributed by atoms with van der Waals surface area (Å²) in [4.78, 5) is 9.95. The summed E-state index contributed by atoms with van der Waals surface area (Å²) in [5.74, 6) is 0.865. The van der Waals surface area contributed by atoms with Crippen molar-refractivity contribution in [3.05, 3.63) is 22.4 Å². The molecular weight excluding hydrogens is 262 g/mol. The second-order valence-corrected chi connectivity index (χ2v) is 4.46. The number of nitro groups is 1. The van der Waals surface area contributed by atoms with E-state index in [9.17, 15) is 10.1 Å². The van der Waals surface area contributed by atoms with Crippen LogP contribution in [-0.4, -0.2) is 20.0 Å². The fourth-order valence-electron chi connectivity index (χ4n) is 1.23. The van der Waals surface area contributed by atoms with Crippen LogP contribution in [0.3, 0.4) is 0 Å². The van der Waals surface area contributed by atoms with Crippen LogP contribution in [0.25, 0.3) is 0 Å². The van der Waals surface area contributed by atoms with Crippen molar-refractivity contribution in [1.82, 2.24) is 9.78 Å². The van der Waals surface area contributed by atoms with Crippen molar-refractivity contribution < 1.29 is 4.92 Å². The second-order valence-electron chi connectivity index (χ2n) is 3.81. The summed E-state index contributed by atoms with van der Waals surface area (Å²) in [5, 5.41) is 15.2. The molecule has 0 saturated heterocycles. The topological polar surface area (TPSA) is 61.0 Å². The molecule has 6 heteroatoms. The Kier molecular flexibility index (Phi) is 4.26. The maximum atomic E-state index is 10.4. The average molecular weight is 276 g/mol. The molecule has 1 aromatic rings. The predicted octanol–water partition coefficient (Wildman–Crippen LogP) is 2.46. The lowest BCUT2D eigenvalue weighted by atomic mass is 9.98. The molecule has 15 heavy (non-hydrogen) atoms. The number of hydrogen-bond acceptors (Lipinski definition) is 3. The van der Waals surface area contributed by atoms with Crippen molar-refractivity contribution in [3.63, 3.8) is 0 Å². The number of alkyl halides is 1. The van der Waals surface area contributed by atoms with Crippen LogP contribution in [-0.2, 0) is 6.54 Å². The van der Waals surface area contributed by atoms with Gasteiger partial charge in [0.1, 0.15) is 0 Å². The molecule has 1 heterocycles. The largest absolute Gasteiger partial charge is 0.389 e. The van der Waals surface area contributed by atoms with E-state index in [-0.39, 0.29) is 5.82 Å². The Morgan fingerprint density at radius 3 is 2.73 bits per heavy atom. The number of aromatic nitrogens is 2. The molecule has 0 fully saturated rings. The van der Waals surface area contributed by atoms with E-state index in [1.165, 1.54) is 6.07 Å². The summed E-state index contributed by atoms with van der Waals surface area (Å²) < 4.78 is 1.63. The van der Waals surface area contributed by atoms with E-state index in [1.54, 1.807) is 10.9 Å². The maximum absolute atomic E-state index is 10.4. The molecular formula is C9H14BrN3O2. The normalized spacial score (nSPS) is 13.1. The summed E-state index contributed by atoms with van der Waals surface area (Å²) >= 11 is 3.43. The monoisotopic (exact) mass is 275 g/mol. The van der Waals surface area contributed by atoms with E-state index in [0.29, 0.717) is 18.4 Å². The van der Waals surface area contributed by atoms with Crippen LogP contribution < -0.4 is 0 Å². The fraction of sp³-hybridized carbons (Fsp3) is 0.667. The fourth-order valence-corrected chi connectivity index (χ4v) is 2.18. The first kappa shape index (κ1) is 12.2. The third-order valence-electron chi connectivity index (χ3n) is 2.38. The Morgan fingerprint density at radius 2 is 2.33 bits per heavy atom. The minimum Gasteiger partial charge on any atom is -0.358 e. The Hall–Kier alpha value is -0.910. The lowest BCUT2D eigenvalue weighted by molar-refractivity contribution is -0.389. The third kappa shape index (κ3) is 3.30. The van der Waals surface area contributed by atoms with Crippen molar-refractivity contribution in [1.29, 1.82) is 0 Å². The highest BCUT2D eigenvalue weighted by Crippen LogP contribution is 2.16. The van der Waals surface area contributed by atoms with E-state index in [0.717, 1.165) is 5.33 Å². The minimum absolute atomic E-state index is 0.0907. The highest BCUT2D eigenvalue weighted by atomic mass is 79.9. The Morgan fingerprint density at radius 1 is 1.67 bits per heavy atom. The molecule has 1 unspecified atom stereocenters. The van der Waals surface area contributed by atoms with Gasteiger partial charge in [0, 0.05) is 5.33 Å². The van der Waals surface area contributed by atoms with Crippen molar-refractivity contribution in [3.8, 4) is 0 Å². The molecule has 1 aromatic heterocycles. The van der Waals surface area contributed by atoms with Gasteiger partial charge in [0.05, 0.1) is 23.9 Å². The highest BCUT2D eigenvalue weighted by Gasteiger charge is 2.17. The molecule has 1 atom stereocenters. The molecule has 0 spiro atoms. The van der Waals surface area contributed by atoms with E-state index in [4.69, 9.17) is 0 Å². The molecule has 5 nitrogen and oxygen atoms in total. The molecule has 0 radical (unpaired) electrons. The quantitative estimate of drug-likeness (QED) is 0.471. The van der Waals surface area contributed by atoms with E-state index in [1.807, 2.05) is 0 Å². The molecule has 0 aliphatic rings. The molecule has 0 N–H and O–H groups in total. The zero-order chi connectivity index (χ0) is 11.4. The van der Waals surface area contributed by atoms with Gasteiger partial charge >= 0.3 is 5.82 Å². The first-order valence-corrected chi connectivity index (χ1v) is 5.90. The summed E-state index contributed by atoms with van der Waals surface area (Å²) in [6.45, 7) is 4.96. The molecule has 1 rings (SSSR count). The number of hydrogen-bond donors (Lipinski definition) is 0. The molecule has 0 bridgehead atoms. The van der Waals surface area contributed by atoms with Crippen molar-refractivity contribution in [2.24, 2.45) is 11.8 Å². The van der Waals surface area contributed by atoms with Crippen molar-refractivity contribution in [2.75, 3.05) is 5.33 Å². The van der Waals surface area contributed by atoms with Gasteiger partial charge in [-0.3, -0.25) is 0 Å². The van der Waals surface area contributed by atoms with Crippen LogP contribution in [0.4, 0.5) is 5.82 Å². The Bertz CT molecular complexity index is 338. The molecule has 0 aliphatic carbocycles. The van der Waals surface area contributed by atoms with Gasteiger partial charge in [0.2, 0.25) is 0 Å². The Balaban J connectivity index is 2.67. The van der Waals surface area contributed by atoms with Gasteiger partial charge in [-0.1, -0.05) is 29.8 Å². The number of halogens is 1. The van der Waals surface area contributed by atoms with Gasteiger partial charge in [0.25, 0.3) is 0 Å². The molecule has 0 saturated carbocycles. The zero-order valence-electron chi connectivity index (χ0n) is 8.76. The van der Waals surface area contributed by atoms with E-state index >= 15 is 0 Å². The van der Waals surface area contributed by atoms with Gasteiger partial charge < -0.3 is 10.1 Å². The Labute approximate surface area is 96.7 Å². The maximum Gasteiger partial charge on any atom is 0.389 e. The van der Waals surface area contributed by atoms with E-state index < -0.39 is 4.92 Å². The highest BCUT2D eigenvalue weighted by molar-refractivity contribution is 9.09. The lowest BCUT2D eigenvalue weighted by Crippen LogP contribution is -2.18. The van der Waals surface area contributed by atoms with Gasteiger partial charge in [0.15, 0.2) is 0 Å². The molecule has 84 valence electrons. The molecule has 0 amide bonds.